The van der Waals surface area contributed by atoms with E-state index in [1.165, 1.54) is 0 Å². The summed E-state index contributed by atoms with van der Waals surface area (Å²) in [7, 11) is -3.39. The predicted molar refractivity (Wildman–Crippen MR) is 43.7 cm³/mol. The summed E-state index contributed by atoms with van der Waals surface area (Å²) in [6, 6.07) is 5.72. The molecule has 0 aliphatic carbocycles. The van der Waals surface area contributed by atoms with Gasteiger partial charge in [-0.1, -0.05) is 6.07 Å². The Kier molecular flexibility index (Phi) is 4.90. The Balaban J connectivity index is 0.000000187. The van der Waals surface area contributed by atoms with Crippen LogP contribution in [0, 0.1) is 0 Å². The largest absolute Gasteiger partial charge is 0.400 e. The Morgan fingerprint density at radius 1 is 1.00 bits per heavy atom. The van der Waals surface area contributed by atoms with E-state index in [1.54, 1.807) is 12.4 Å². The summed E-state index contributed by atoms with van der Waals surface area (Å²) in [5, 5.41) is 0. The van der Waals surface area contributed by atoms with E-state index >= 15 is 0 Å². The van der Waals surface area contributed by atoms with E-state index < -0.39 is 7.94 Å². The van der Waals surface area contributed by atoms with Crippen molar-refractivity contribution in [1.29, 1.82) is 0 Å². The quantitative estimate of drug-likeness (QED) is 0.501. The Labute approximate surface area is 65.7 Å². The highest BCUT2D eigenvalue weighted by atomic mass is 31.2. The van der Waals surface area contributed by atoms with Gasteiger partial charge in [-0.25, -0.2) is 0 Å². The molecule has 1 rings (SSSR count). The number of hydrogen-bond donors (Lipinski definition) is 3. The van der Waals surface area contributed by atoms with Crippen molar-refractivity contribution >= 4 is 7.94 Å². The van der Waals surface area contributed by atoms with Crippen molar-refractivity contribution in [3.8, 4) is 0 Å². The molecule has 0 aliphatic heterocycles. The molecule has 1 heterocycles. The zero-order valence-electron chi connectivity index (χ0n) is 6.12. The zero-order valence-corrected chi connectivity index (χ0v) is 7.02. The van der Waals surface area contributed by atoms with Crippen molar-refractivity contribution in [2.75, 3.05) is 6.66 Å². The Bertz CT molecular complexity index is 142. The van der Waals surface area contributed by atoms with Crippen LogP contribution in [0.3, 0.4) is 0 Å². The molecule has 0 atom stereocenters. The number of hydrogen-bond acceptors (Lipinski definition) is 4. The van der Waals surface area contributed by atoms with Gasteiger partial charge < -0.3 is 0 Å². The first-order chi connectivity index (χ1) is 5.00. The average Bonchev–Trinajstić information content (AvgIpc) is 1.88. The second-order valence-corrected chi connectivity index (χ2v) is 3.63. The molecular weight excluding hydrogens is 165 g/mol. The molecule has 1 aromatic heterocycles. The molecule has 0 aliphatic rings. The predicted octanol–water partition coefficient (Wildman–Crippen LogP) is 0.437. The summed E-state index contributed by atoms with van der Waals surface area (Å²) in [5.74, 6) is 0. The number of nitrogens with zero attached hydrogens (tertiary/aromatic N) is 1. The molecule has 0 aromatic carbocycles. The van der Waals surface area contributed by atoms with Crippen molar-refractivity contribution in [2.45, 2.75) is 0 Å². The molecule has 0 fully saturated rings. The minimum absolute atomic E-state index is 0.965. The van der Waals surface area contributed by atoms with Gasteiger partial charge in [-0.2, -0.15) is 14.7 Å². The fourth-order valence-corrected chi connectivity index (χ4v) is 0.313. The molecule has 0 amide bonds. The van der Waals surface area contributed by atoms with Crippen LogP contribution in [0.15, 0.2) is 30.6 Å². The van der Waals surface area contributed by atoms with Gasteiger partial charge in [-0.15, -0.1) is 0 Å². The Hall–Kier alpha value is -0.540. The van der Waals surface area contributed by atoms with Crippen LogP contribution in [0.5, 0.6) is 0 Å². The van der Waals surface area contributed by atoms with Crippen LogP contribution in [-0.4, -0.2) is 26.3 Å². The van der Waals surface area contributed by atoms with E-state index in [0.717, 1.165) is 6.66 Å². The van der Waals surface area contributed by atoms with Crippen molar-refractivity contribution < 1.29 is 14.7 Å². The zero-order chi connectivity index (χ0) is 8.74. The fraction of sp³-hybridized carbons (Fsp3) is 0.167. The van der Waals surface area contributed by atoms with Gasteiger partial charge in [0.05, 0.1) is 0 Å². The van der Waals surface area contributed by atoms with Gasteiger partial charge in [0.1, 0.15) is 6.66 Å². The second-order valence-electron chi connectivity index (χ2n) is 1.89. The first-order valence-electron chi connectivity index (χ1n) is 2.90. The summed E-state index contributed by atoms with van der Waals surface area (Å²) in [4.78, 5) is 27.0. The number of aromatic nitrogens is 1. The maximum atomic E-state index is 7.74. The highest BCUT2D eigenvalue weighted by molar-refractivity contribution is 7.57. The molecular formula is C6H11NO3P+. The molecule has 1 aromatic rings. The van der Waals surface area contributed by atoms with E-state index in [-0.39, 0.29) is 0 Å². The first-order valence-corrected chi connectivity index (χ1v) is 4.99. The lowest BCUT2D eigenvalue weighted by Gasteiger charge is -1.88. The first kappa shape index (κ1) is 10.5. The van der Waals surface area contributed by atoms with E-state index in [9.17, 15) is 0 Å². The summed E-state index contributed by atoms with van der Waals surface area (Å²) in [5.41, 5.74) is 0. The molecule has 0 spiro atoms. The third-order valence-electron chi connectivity index (χ3n) is 0.566. The highest BCUT2D eigenvalue weighted by Gasteiger charge is 2.17. The van der Waals surface area contributed by atoms with Gasteiger partial charge in [0.2, 0.25) is 0 Å². The molecule has 0 saturated carbocycles. The topological polar surface area (TPSA) is 73.6 Å². The van der Waals surface area contributed by atoms with Crippen LogP contribution in [0.25, 0.3) is 0 Å². The second kappa shape index (κ2) is 5.16. The van der Waals surface area contributed by atoms with Gasteiger partial charge >= 0.3 is 7.94 Å². The number of rotatable bonds is 0. The van der Waals surface area contributed by atoms with Gasteiger partial charge in [-0.3, -0.25) is 4.98 Å². The fourth-order valence-electron chi connectivity index (χ4n) is 0.313. The highest BCUT2D eigenvalue weighted by Crippen LogP contribution is 2.38. The normalized spacial score (nSPS) is 9.82. The number of pyridine rings is 1. The molecule has 62 valence electrons. The van der Waals surface area contributed by atoms with Crippen molar-refractivity contribution in [2.24, 2.45) is 0 Å². The SMILES string of the molecule is C[P+](O)(O)O.c1ccncc1. The third kappa shape index (κ3) is 17.7. The maximum absolute atomic E-state index is 7.74. The molecule has 4 nitrogen and oxygen atoms in total. The smallest absolute Gasteiger partial charge is 0.265 e. The van der Waals surface area contributed by atoms with Crippen molar-refractivity contribution in [1.82, 2.24) is 4.98 Å². The Morgan fingerprint density at radius 3 is 1.45 bits per heavy atom. The summed E-state index contributed by atoms with van der Waals surface area (Å²) < 4.78 is 0. The molecule has 0 unspecified atom stereocenters. The third-order valence-corrected chi connectivity index (χ3v) is 0.566. The minimum Gasteiger partial charge on any atom is -0.265 e. The Morgan fingerprint density at radius 2 is 1.36 bits per heavy atom. The summed E-state index contributed by atoms with van der Waals surface area (Å²) >= 11 is 0. The van der Waals surface area contributed by atoms with Crippen LogP contribution in [0.1, 0.15) is 0 Å². The van der Waals surface area contributed by atoms with E-state index in [2.05, 4.69) is 4.98 Å². The summed E-state index contributed by atoms with van der Waals surface area (Å²) in [6.45, 7) is 0.965. The lowest BCUT2D eigenvalue weighted by molar-refractivity contribution is 0.340. The van der Waals surface area contributed by atoms with Gasteiger partial charge in [-0.05, 0) is 12.1 Å². The summed E-state index contributed by atoms with van der Waals surface area (Å²) in [6.07, 6.45) is 3.50. The van der Waals surface area contributed by atoms with Crippen LogP contribution >= 0.6 is 7.94 Å². The lowest BCUT2D eigenvalue weighted by Crippen LogP contribution is -1.78. The molecule has 3 N–H and O–H groups in total. The van der Waals surface area contributed by atoms with Crippen LogP contribution in [0.2, 0.25) is 0 Å². The van der Waals surface area contributed by atoms with E-state index in [0.29, 0.717) is 0 Å². The standard InChI is InChI=1S/C5H5N.CH6O3P/c1-2-4-6-5-3-1;1-5(2,3)4/h1-5H;2-4H,1H3/q;+1. The minimum atomic E-state index is -3.39. The van der Waals surface area contributed by atoms with Gasteiger partial charge in [0, 0.05) is 12.4 Å². The van der Waals surface area contributed by atoms with Crippen molar-refractivity contribution in [3.05, 3.63) is 30.6 Å². The van der Waals surface area contributed by atoms with Crippen molar-refractivity contribution in [3.63, 3.8) is 0 Å². The molecule has 5 heteroatoms. The maximum Gasteiger partial charge on any atom is 0.400 e. The molecule has 0 bridgehead atoms. The van der Waals surface area contributed by atoms with Gasteiger partial charge in [0.15, 0.2) is 0 Å². The van der Waals surface area contributed by atoms with Crippen LogP contribution < -0.4 is 0 Å². The molecule has 0 saturated heterocycles. The van der Waals surface area contributed by atoms with Gasteiger partial charge in [0.25, 0.3) is 0 Å². The molecule has 11 heavy (non-hydrogen) atoms. The lowest BCUT2D eigenvalue weighted by atomic mass is 10.5. The van der Waals surface area contributed by atoms with E-state index in [4.69, 9.17) is 14.7 Å². The van der Waals surface area contributed by atoms with E-state index in [1.807, 2.05) is 18.2 Å². The van der Waals surface area contributed by atoms with Crippen LogP contribution in [0.4, 0.5) is 0 Å². The van der Waals surface area contributed by atoms with Crippen LogP contribution in [-0.2, 0) is 0 Å². The average molecular weight is 176 g/mol. The molecule has 0 radical (unpaired) electrons. The monoisotopic (exact) mass is 176 g/mol.